The van der Waals surface area contributed by atoms with Crippen molar-refractivity contribution in [3.05, 3.63) is 0 Å². The van der Waals surface area contributed by atoms with Crippen LogP contribution in [0.2, 0.25) is 0 Å². The van der Waals surface area contributed by atoms with E-state index in [-0.39, 0.29) is 24.7 Å². The van der Waals surface area contributed by atoms with E-state index in [1.165, 1.54) is 0 Å². The fourth-order valence-electron chi connectivity index (χ4n) is 1.21. The van der Waals surface area contributed by atoms with Crippen molar-refractivity contribution < 1.29 is 39.6 Å². The highest BCUT2D eigenvalue weighted by atomic mass is 16.4. The molecule has 0 saturated carbocycles. The zero-order valence-corrected chi connectivity index (χ0v) is 15.7. The summed E-state index contributed by atoms with van der Waals surface area (Å²) in [6.07, 6.45) is 1.03. The molecule has 0 aromatic heterocycles. The van der Waals surface area contributed by atoms with Crippen LogP contribution in [0.25, 0.3) is 0 Å². The van der Waals surface area contributed by atoms with Crippen LogP contribution in [0.1, 0.15) is 53.4 Å². The minimum Gasteiger partial charge on any atom is -0.481 e. The molecule has 4 atom stereocenters. The first kappa shape index (κ1) is 28.6. The molecule has 0 amide bonds. The lowest BCUT2D eigenvalue weighted by molar-refractivity contribution is -0.143. The molecule has 10 heteroatoms. The van der Waals surface area contributed by atoms with Crippen molar-refractivity contribution in [2.24, 2.45) is 23.3 Å². The van der Waals surface area contributed by atoms with Crippen LogP contribution in [-0.2, 0) is 19.2 Å². The van der Waals surface area contributed by atoms with Crippen LogP contribution in [0.15, 0.2) is 0 Å². The number of nitrogens with two attached hydrogens (primary N) is 2. The Bertz CT molecular complexity index is 402. The largest absolute Gasteiger partial charge is 0.481 e. The Kier molecular flexibility index (Phi) is 17.9. The Morgan fingerprint density at radius 1 is 0.692 bits per heavy atom. The third-order valence-electron chi connectivity index (χ3n) is 3.64. The summed E-state index contributed by atoms with van der Waals surface area (Å²) in [6.45, 7) is 7.51. The van der Waals surface area contributed by atoms with Crippen LogP contribution in [-0.4, -0.2) is 56.4 Å². The van der Waals surface area contributed by atoms with Gasteiger partial charge >= 0.3 is 23.9 Å². The first-order chi connectivity index (χ1) is 11.8. The van der Waals surface area contributed by atoms with Gasteiger partial charge in [0.15, 0.2) is 0 Å². The number of hydrogen-bond donors (Lipinski definition) is 6. The molecular formula is C16H32N2O8. The molecule has 0 saturated heterocycles. The van der Waals surface area contributed by atoms with E-state index in [9.17, 15) is 19.2 Å². The second-order valence-electron chi connectivity index (χ2n) is 5.79. The Balaban J connectivity index is -0.000000306. The third kappa shape index (κ3) is 18.1. The molecule has 0 aliphatic carbocycles. The van der Waals surface area contributed by atoms with Crippen molar-refractivity contribution in [3.8, 4) is 0 Å². The van der Waals surface area contributed by atoms with Crippen LogP contribution >= 0.6 is 0 Å². The summed E-state index contributed by atoms with van der Waals surface area (Å²) in [6, 6.07) is -1.40. The van der Waals surface area contributed by atoms with Crippen molar-refractivity contribution in [2.45, 2.75) is 65.5 Å². The highest BCUT2D eigenvalue weighted by Crippen LogP contribution is 2.04. The van der Waals surface area contributed by atoms with Gasteiger partial charge < -0.3 is 31.9 Å². The molecule has 0 bridgehead atoms. The van der Waals surface area contributed by atoms with E-state index in [2.05, 4.69) is 0 Å². The third-order valence-corrected chi connectivity index (χ3v) is 3.64. The van der Waals surface area contributed by atoms with Gasteiger partial charge in [-0.25, -0.2) is 0 Å². The van der Waals surface area contributed by atoms with E-state index in [1.54, 1.807) is 0 Å². The van der Waals surface area contributed by atoms with Gasteiger partial charge in [-0.05, 0) is 11.8 Å². The van der Waals surface area contributed by atoms with Gasteiger partial charge in [0.1, 0.15) is 12.1 Å². The van der Waals surface area contributed by atoms with Crippen LogP contribution in [0.4, 0.5) is 0 Å². The molecular weight excluding hydrogens is 348 g/mol. The molecule has 0 heterocycles. The smallest absolute Gasteiger partial charge is 0.320 e. The number of hydrogen-bond acceptors (Lipinski definition) is 6. The van der Waals surface area contributed by atoms with Gasteiger partial charge in [-0.1, -0.05) is 40.5 Å². The summed E-state index contributed by atoms with van der Waals surface area (Å²) in [5, 5.41) is 32.5. The standard InChI is InChI=1S/2C6H13NO2.C4H6O4/c2*1-3-4(2)5(7)6(8)9;5-3(6)1-2-4(7)8/h2*4-5H,3,7H2,1-2H3,(H,8,9);1-2H2,(H,5,6)(H,7,8)/t2*4-,5-;/m00./s1. The van der Waals surface area contributed by atoms with Gasteiger partial charge in [0.2, 0.25) is 0 Å². The summed E-state index contributed by atoms with van der Waals surface area (Å²) < 4.78 is 0. The summed E-state index contributed by atoms with van der Waals surface area (Å²) in [4.78, 5) is 39.6. The van der Waals surface area contributed by atoms with Crippen LogP contribution < -0.4 is 11.5 Å². The molecule has 8 N–H and O–H groups in total. The SMILES string of the molecule is CC[C@H](C)[C@H](N)C(=O)O.CC[C@H](C)[C@H](N)C(=O)O.O=C(O)CCC(=O)O. The fraction of sp³-hybridized carbons (Fsp3) is 0.750. The molecule has 0 radical (unpaired) electrons. The zero-order chi connectivity index (χ0) is 21.4. The molecule has 0 aliphatic rings. The zero-order valence-electron chi connectivity index (χ0n) is 15.7. The lowest BCUT2D eigenvalue weighted by atomic mass is 10.0. The lowest BCUT2D eigenvalue weighted by Gasteiger charge is -2.11. The molecule has 0 unspecified atom stereocenters. The topological polar surface area (TPSA) is 201 Å². The average molecular weight is 380 g/mol. The van der Waals surface area contributed by atoms with Gasteiger partial charge in [-0.15, -0.1) is 0 Å². The number of carboxylic acids is 4. The monoisotopic (exact) mass is 380 g/mol. The molecule has 0 aliphatic heterocycles. The summed E-state index contributed by atoms with van der Waals surface area (Å²) in [7, 11) is 0. The molecule has 0 rings (SSSR count). The molecule has 0 spiro atoms. The average Bonchev–Trinajstić information content (AvgIpc) is 2.57. The van der Waals surface area contributed by atoms with E-state index in [1.807, 2.05) is 27.7 Å². The van der Waals surface area contributed by atoms with Crippen LogP contribution in [0.3, 0.4) is 0 Å². The maximum atomic E-state index is 10.2. The quantitative estimate of drug-likeness (QED) is 0.332. The number of carbonyl (C=O) groups is 4. The molecule has 0 fully saturated rings. The highest BCUT2D eigenvalue weighted by molar-refractivity contribution is 5.75. The van der Waals surface area contributed by atoms with Gasteiger partial charge in [-0.3, -0.25) is 19.2 Å². The molecule has 154 valence electrons. The molecule has 10 nitrogen and oxygen atoms in total. The summed E-state index contributed by atoms with van der Waals surface area (Å²) in [5.74, 6) is -3.83. The lowest BCUT2D eigenvalue weighted by Crippen LogP contribution is -2.36. The number of carboxylic acid groups (broad SMARTS) is 4. The first-order valence-corrected chi connectivity index (χ1v) is 8.21. The van der Waals surface area contributed by atoms with E-state index >= 15 is 0 Å². The van der Waals surface area contributed by atoms with Crippen LogP contribution in [0.5, 0.6) is 0 Å². The first-order valence-electron chi connectivity index (χ1n) is 8.21. The van der Waals surface area contributed by atoms with Crippen molar-refractivity contribution in [3.63, 3.8) is 0 Å². The van der Waals surface area contributed by atoms with E-state index in [0.29, 0.717) is 0 Å². The van der Waals surface area contributed by atoms with Crippen molar-refractivity contribution in [1.82, 2.24) is 0 Å². The van der Waals surface area contributed by atoms with Gasteiger partial charge in [0, 0.05) is 0 Å². The van der Waals surface area contributed by atoms with Crippen LogP contribution in [0, 0.1) is 11.8 Å². The molecule has 0 aromatic carbocycles. The minimum atomic E-state index is -1.08. The second-order valence-corrected chi connectivity index (χ2v) is 5.79. The Hall–Kier alpha value is -2.20. The van der Waals surface area contributed by atoms with Gasteiger partial charge in [-0.2, -0.15) is 0 Å². The fourth-order valence-corrected chi connectivity index (χ4v) is 1.21. The van der Waals surface area contributed by atoms with Gasteiger partial charge in [0.25, 0.3) is 0 Å². The summed E-state index contributed by atoms with van der Waals surface area (Å²) >= 11 is 0. The predicted octanol–water partition coefficient (Wildman–Crippen LogP) is 0.825. The van der Waals surface area contributed by atoms with Crippen molar-refractivity contribution in [2.75, 3.05) is 0 Å². The maximum Gasteiger partial charge on any atom is 0.320 e. The van der Waals surface area contributed by atoms with E-state index < -0.39 is 36.0 Å². The van der Waals surface area contributed by atoms with Crippen molar-refractivity contribution in [1.29, 1.82) is 0 Å². The molecule has 0 aromatic rings. The molecule has 26 heavy (non-hydrogen) atoms. The summed E-state index contributed by atoms with van der Waals surface area (Å²) in [5.41, 5.74) is 10.5. The predicted molar refractivity (Wildman–Crippen MR) is 94.6 cm³/mol. The van der Waals surface area contributed by atoms with E-state index in [0.717, 1.165) is 12.8 Å². The highest BCUT2D eigenvalue weighted by Gasteiger charge is 2.17. The normalized spacial score (nSPS) is 14.2. The second kappa shape index (κ2) is 16.3. The Morgan fingerprint density at radius 3 is 1.00 bits per heavy atom. The van der Waals surface area contributed by atoms with Crippen molar-refractivity contribution >= 4 is 23.9 Å². The maximum absolute atomic E-state index is 10.2. The number of aliphatic carboxylic acids is 4. The number of rotatable bonds is 9. The Morgan fingerprint density at radius 2 is 0.923 bits per heavy atom. The van der Waals surface area contributed by atoms with Gasteiger partial charge in [0.05, 0.1) is 12.8 Å². The van der Waals surface area contributed by atoms with E-state index in [4.69, 9.17) is 31.9 Å². The minimum absolute atomic E-state index is 0.0718. The Labute approximate surface area is 153 Å².